The summed E-state index contributed by atoms with van der Waals surface area (Å²) >= 11 is 0. The molecule has 0 saturated heterocycles. The fourth-order valence-electron chi connectivity index (χ4n) is 1.68. The normalized spacial score (nSPS) is 15.3. The van der Waals surface area contributed by atoms with Gasteiger partial charge in [-0.15, -0.1) is 0 Å². The summed E-state index contributed by atoms with van der Waals surface area (Å²) in [5.41, 5.74) is 3.83. The summed E-state index contributed by atoms with van der Waals surface area (Å²) in [5.74, 6) is 0. The number of aliphatic hydroxyl groups is 2. The third kappa shape index (κ3) is 4.09. The van der Waals surface area contributed by atoms with Gasteiger partial charge in [-0.3, -0.25) is 0 Å². The van der Waals surface area contributed by atoms with Gasteiger partial charge in [0.05, 0.1) is 11.7 Å². The minimum atomic E-state index is -4.59. The SMILES string of the molecule is CNCCC(O)C(O)c1ccc(N)c(C(F)(F)F)c1. The molecule has 0 aliphatic carbocycles. The van der Waals surface area contributed by atoms with E-state index in [1.165, 1.54) is 6.07 Å². The molecule has 2 atom stereocenters. The maximum Gasteiger partial charge on any atom is 0.418 e. The zero-order chi connectivity index (χ0) is 14.6. The van der Waals surface area contributed by atoms with E-state index in [-0.39, 0.29) is 12.0 Å². The van der Waals surface area contributed by atoms with Crippen molar-refractivity contribution in [1.82, 2.24) is 5.32 Å². The van der Waals surface area contributed by atoms with Crippen LogP contribution in [0.25, 0.3) is 0 Å². The molecule has 19 heavy (non-hydrogen) atoms. The number of benzene rings is 1. The van der Waals surface area contributed by atoms with Gasteiger partial charge < -0.3 is 21.3 Å². The Balaban J connectivity index is 2.95. The molecule has 4 nitrogen and oxygen atoms in total. The summed E-state index contributed by atoms with van der Waals surface area (Å²) in [7, 11) is 1.67. The molecule has 0 fully saturated rings. The zero-order valence-corrected chi connectivity index (χ0v) is 10.4. The predicted molar refractivity (Wildman–Crippen MR) is 65.4 cm³/mol. The van der Waals surface area contributed by atoms with Crippen LogP contribution in [-0.2, 0) is 6.18 Å². The van der Waals surface area contributed by atoms with Crippen LogP contribution >= 0.6 is 0 Å². The first kappa shape index (κ1) is 15.7. The van der Waals surface area contributed by atoms with Gasteiger partial charge in [0.15, 0.2) is 0 Å². The van der Waals surface area contributed by atoms with Crippen molar-refractivity contribution in [3.05, 3.63) is 29.3 Å². The minimum Gasteiger partial charge on any atom is -0.398 e. The van der Waals surface area contributed by atoms with E-state index in [2.05, 4.69) is 5.32 Å². The fraction of sp³-hybridized carbons (Fsp3) is 0.500. The highest BCUT2D eigenvalue weighted by Gasteiger charge is 2.34. The zero-order valence-electron chi connectivity index (χ0n) is 10.4. The van der Waals surface area contributed by atoms with Crippen LogP contribution in [0.5, 0.6) is 0 Å². The quantitative estimate of drug-likeness (QED) is 0.612. The van der Waals surface area contributed by atoms with E-state index < -0.39 is 29.6 Å². The molecule has 2 unspecified atom stereocenters. The van der Waals surface area contributed by atoms with Crippen LogP contribution in [0, 0.1) is 0 Å². The van der Waals surface area contributed by atoms with E-state index >= 15 is 0 Å². The van der Waals surface area contributed by atoms with E-state index in [4.69, 9.17) is 5.73 Å². The number of aliphatic hydroxyl groups excluding tert-OH is 2. The third-order valence-corrected chi connectivity index (χ3v) is 2.78. The van der Waals surface area contributed by atoms with Crippen LogP contribution in [0.1, 0.15) is 23.7 Å². The molecule has 7 heteroatoms. The molecular formula is C12H17F3N2O2. The monoisotopic (exact) mass is 278 g/mol. The lowest BCUT2D eigenvalue weighted by atomic mass is 9.99. The Morgan fingerprint density at radius 3 is 2.47 bits per heavy atom. The number of anilines is 1. The highest BCUT2D eigenvalue weighted by molar-refractivity contribution is 5.50. The van der Waals surface area contributed by atoms with Crippen LogP contribution in [0.2, 0.25) is 0 Å². The van der Waals surface area contributed by atoms with Gasteiger partial charge in [-0.2, -0.15) is 13.2 Å². The Morgan fingerprint density at radius 1 is 1.32 bits per heavy atom. The standard InChI is InChI=1S/C12H17F3N2O2/c1-17-5-4-10(18)11(19)7-2-3-9(16)8(6-7)12(13,14)15/h2-3,6,10-11,17-19H,4-5,16H2,1H3. The van der Waals surface area contributed by atoms with Crippen LogP contribution in [0.3, 0.4) is 0 Å². The first-order chi connectivity index (χ1) is 8.77. The Kier molecular flexibility index (Phi) is 5.16. The van der Waals surface area contributed by atoms with Gasteiger partial charge in [0.1, 0.15) is 6.10 Å². The molecule has 0 aromatic heterocycles. The highest BCUT2D eigenvalue weighted by Crippen LogP contribution is 2.35. The number of alkyl halides is 3. The van der Waals surface area contributed by atoms with Gasteiger partial charge in [0.25, 0.3) is 0 Å². The van der Waals surface area contributed by atoms with Crippen molar-refractivity contribution in [3.8, 4) is 0 Å². The smallest absolute Gasteiger partial charge is 0.398 e. The maximum atomic E-state index is 12.7. The Morgan fingerprint density at radius 2 is 1.95 bits per heavy atom. The number of hydrogen-bond donors (Lipinski definition) is 4. The van der Waals surface area contributed by atoms with E-state index in [0.29, 0.717) is 6.54 Å². The molecule has 0 spiro atoms. The summed E-state index contributed by atoms with van der Waals surface area (Å²) in [4.78, 5) is 0. The lowest BCUT2D eigenvalue weighted by Crippen LogP contribution is -2.23. The number of halogens is 3. The molecule has 0 aliphatic heterocycles. The van der Waals surface area contributed by atoms with Crippen LogP contribution in [0.15, 0.2) is 18.2 Å². The first-order valence-electron chi connectivity index (χ1n) is 5.74. The van der Waals surface area contributed by atoms with Crippen LogP contribution in [-0.4, -0.2) is 29.9 Å². The molecule has 5 N–H and O–H groups in total. The Hall–Kier alpha value is -1.31. The Labute approximate surface area is 109 Å². The summed E-state index contributed by atoms with van der Waals surface area (Å²) < 4.78 is 38.0. The molecule has 1 aromatic carbocycles. The molecule has 0 amide bonds. The molecule has 0 radical (unpaired) electrons. The van der Waals surface area contributed by atoms with Gasteiger partial charge >= 0.3 is 6.18 Å². The Bertz CT molecular complexity index is 424. The van der Waals surface area contributed by atoms with Crippen LogP contribution in [0.4, 0.5) is 18.9 Å². The number of hydrogen-bond acceptors (Lipinski definition) is 4. The summed E-state index contributed by atoms with van der Waals surface area (Å²) in [6, 6.07) is 3.12. The van der Waals surface area contributed by atoms with Crippen LogP contribution < -0.4 is 11.1 Å². The topological polar surface area (TPSA) is 78.5 Å². The van der Waals surface area contributed by atoms with E-state index in [9.17, 15) is 23.4 Å². The van der Waals surface area contributed by atoms with Crippen molar-refractivity contribution in [2.45, 2.75) is 24.8 Å². The van der Waals surface area contributed by atoms with E-state index in [0.717, 1.165) is 12.1 Å². The molecule has 1 rings (SSSR count). The van der Waals surface area contributed by atoms with Crippen molar-refractivity contribution < 1.29 is 23.4 Å². The van der Waals surface area contributed by atoms with E-state index in [1.54, 1.807) is 7.05 Å². The molecule has 1 aromatic rings. The predicted octanol–water partition coefficient (Wildman–Crippen LogP) is 1.29. The van der Waals surface area contributed by atoms with Gasteiger partial charge in [-0.1, -0.05) is 6.07 Å². The fourth-order valence-corrected chi connectivity index (χ4v) is 1.68. The molecule has 0 bridgehead atoms. The first-order valence-corrected chi connectivity index (χ1v) is 5.74. The molecular weight excluding hydrogens is 261 g/mol. The van der Waals surface area contributed by atoms with Crippen molar-refractivity contribution in [1.29, 1.82) is 0 Å². The van der Waals surface area contributed by atoms with Crippen molar-refractivity contribution >= 4 is 5.69 Å². The third-order valence-electron chi connectivity index (χ3n) is 2.78. The van der Waals surface area contributed by atoms with Gasteiger partial charge in [-0.05, 0) is 37.7 Å². The average molecular weight is 278 g/mol. The number of rotatable bonds is 5. The van der Waals surface area contributed by atoms with E-state index in [1.807, 2.05) is 0 Å². The van der Waals surface area contributed by atoms with Gasteiger partial charge in [0.2, 0.25) is 0 Å². The molecule has 0 heterocycles. The summed E-state index contributed by atoms with van der Waals surface area (Å²) in [6.07, 6.45) is -6.88. The van der Waals surface area contributed by atoms with Crippen molar-refractivity contribution in [2.24, 2.45) is 0 Å². The maximum absolute atomic E-state index is 12.7. The second kappa shape index (κ2) is 6.23. The lowest BCUT2D eigenvalue weighted by Gasteiger charge is -2.20. The lowest BCUT2D eigenvalue weighted by molar-refractivity contribution is -0.137. The van der Waals surface area contributed by atoms with Gasteiger partial charge in [-0.25, -0.2) is 0 Å². The van der Waals surface area contributed by atoms with Crippen molar-refractivity contribution in [2.75, 3.05) is 19.3 Å². The second-order valence-electron chi connectivity index (χ2n) is 4.25. The van der Waals surface area contributed by atoms with Gasteiger partial charge in [0, 0.05) is 5.69 Å². The molecule has 0 saturated carbocycles. The number of nitrogens with one attached hydrogen (secondary N) is 1. The largest absolute Gasteiger partial charge is 0.418 e. The highest BCUT2D eigenvalue weighted by atomic mass is 19.4. The minimum absolute atomic E-state index is 0.00914. The van der Waals surface area contributed by atoms with Crippen molar-refractivity contribution in [3.63, 3.8) is 0 Å². The summed E-state index contributed by atoms with van der Waals surface area (Å²) in [6.45, 7) is 0.444. The number of nitrogens with two attached hydrogens (primary N) is 1. The molecule has 108 valence electrons. The average Bonchev–Trinajstić information content (AvgIpc) is 2.34. The summed E-state index contributed by atoms with van der Waals surface area (Å²) in [5, 5.41) is 22.3. The molecule has 0 aliphatic rings. The second-order valence-corrected chi connectivity index (χ2v) is 4.25. The number of nitrogen functional groups attached to an aromatic ring is 1.